The predicted molar refractivity (Wildman–Crippen MR) is 107 cm³/mol. The lowest BCUT2D eigenvalue weighted by Gasteiger charge is -2.20. The van der Waals surface area contributed by atoms with E-state index in [0.717, 1.165) is 16.9 Å². The summed E-state index contributed by atoms with van der Waals surface area (Å²) in [6, 6.07) is 21.8. The first kappa shape index (κ1) is 18.3. The van der Waals surface area contributed by atoms with E-state index in [9.17, 15) is 9.59 Å². The Morgan fingerprint density at radius 3 is 2.26 bits per heavy atom. The topological polar surface area (TPSA) is 62.3 Å². The van der Waals surface area contributed by atoms with Gasteiger partial charge in [0.05, 0.1) is 0 Å². The molecule has 0 radical (unpaired) electrons. The van der Waals surface area contributed by atoms with Crippen molar-refractivity contribution in [3.8, 4) is 0 Å². The van der Waals surface area contributed by atoms with E-state index >= 15 is 0 Å². The minimum Gasteiger partial charge on any atom is -0.320 e. The standard InChI is InChI=1S/C22H21N3O2/c1-3-25(17-11-5-4-6-12-17)22(27)20-15-9-14-19(23-20)21(26)24-18-13-8-7-10-16(18)2/h4-15H,3H2,1-2H3,(H,24,26). The number of hydrogen-bond donors (Lipinski definition) is 1. The van der Waals surface area contributed by atoms with Crippen LogP contribution in [0.3, 0.4) is 0 Å². The predicted octanol–water partition coefficient (Wildman–Crippen LogP) is 4.31. The molecule has 1 heterocycles. The van der Waals surface area contributed by atoms with Crippen molar-refractivity contribution in [3.05, 3.63) is 89.7 Å². The highest BCUT2D eigenvalue weighted by molar-refractivity contribution is 6.07. The normalized spacial score (nSPS) is 10.3. The van der Waals surface area contributed by atoms with Gasteiger partial charge in [0.1, 0.15) is 11.4 Å². The molecular formula is C22H21N3O2. The van der Waals surface area contributed by atoms with Gasteiger partial charge in [-0.1, -0.05) is 42.5 Å². The van der Waals surface area contributed by atoms with Crippen LogP contribution < -0.4 is 10.2 Å². The molecular weight excluding hydrogens is 338 g/mol. The third kappa shape index (κ3) is 4.20. The fourth-order valence-corrected chi connectivity index (χ4v) is 2.77. The third-order valence-corrected chi connectivity index (χ3v) is 4.22. The number of benzene rings is 2. The average Bonchev–Trinajstić information content (AvgIpc) is 2.71. The Balaban J connectivity index is 1.83. The summed E-state index contributed by atoms with van der Waals surface area (Å²) in [5, 5.41) is 2.84. The number of anilines is 2. The Morgan fingerprint density at radius 1 is 0.889 bits per heavy atom. The van der Waals surface area contributed by atoms with Crippen LogP contribution in [0.4, 0.5) is 11.4 Å². The molecule has 0 saturated carbocycles. The minimum atomic E-state index is -0.346. The van der Waals surface area contributed by atoms with Gasteiger partial charge in [0, 0.05) is 17.9 Å². The maximum absolute atomic E-state index is 12.9. The summed E-state index contributed by atoms with van der Waals surface area (Å²) in [6.07, 6.45) is 0. The molecule has 1 aromatic heterocycles. The number of nitrogens with one attached hydrogen (secondary N) is 1. The quantitative estimate of drug-likeness (QED) is 0.738. The molecule has 0 aliphatic rings. The second kappa shape index (κ2) is 8.27. The van der Waals surface area contributed by atoms with Crippen molar-refractivity contribution in [2.24, 2.45) is 0 Å². The van der Waals surface area contributed by atoms with Gasteiger partial charge < -0.3 is 10.2 Å². The Labute approximate surface area is 158 Å². The SMILES string of the molecule is CCN(C(=O)c1cccc(C(=O)Nc2ccccc2C)n1)c1ccccc1. The summed E-state index contributed by atoms with van der Waals surface area (Å²) in [6.45, 7) is 4.33. The zero-order valence-electron chi connectivity index (χ0n) is 15.3. The van der Waals surface area contributed by atoms with Crippen LogP contribution in [0.5, 0.6) is 0 Å². The lowest BCUT2D eigenvalue weighted by molar-refractivity contribution is 0.0983. The van der Waals surface area contributed by atoms with Gasteiger partial charge in [-0.25, -0.2) is 4.98 Å². The lowest BCUT2D eigenvalue weighted by atomic mass is 10.2. The molecule has 0 saturated heterocycles. The third-order valence-electron chi connectivity index (χ3n) is 4.22. The van der Waals surface area contributed by atoms with Gasteiger partial charge in [0.15, 0.2) is 0 Å². The first-order chi connectivity index (χ1) is 13.1. The molecule has 0 aliphatic heterocycles. The fourth-order valence-electron chi connectivity index (χ4n) is 2.77. The van der Waals surface area contributed by atoms with Crippen LogP contribution in [-0.4, -0.2) is 23.3 Å². The van der Waals surface area contributed by atoms with Gasteiger partial charge in [-0.2, -0.15) is 0 Å². The molecule has 0 spiro atoms. The smallest absolute Gasteiger partial charge is 0.276 e. The molecule has 0 unspecified atom stereocenters. The average molecular weight is 359 g/mol. The summed E-state index contributed by atoms with van der Waals surface area (Å²) < 4.78 is 0. The van der Waals surface area contributed by atoms with E-state index in [1.165, 1.54) is 0 Å². The van der Waals surface area contributed by atoms with Crippen molar-refractivity contribution >= 4 is 23.2 Å². The Hall–Kier alpha value is -3.47. The van der Waals surface area contributed by atoms with Gasteiger partial charge >= 0.3 is 0 Å². The first-order valence-electron chi connectivity index (χ1n) is 8.81. The number of hydrogen-bond acceptors (Lipinski definition) is 3. The molecule has 136 valence electrons. The molecule has 0 aliphatic carbocycles. The van der Waals surface area contributed by atoms with E-state index in [1.54, 1.807) is 23.1 Å². The summed E-state index contributed by atoms with van der Waals surface area (Å²) in [4.78, 5) is 31.4. The van der Waals surface area contributed by atoms with Gasteiger partial charge in [-0.3, -0.25) is 9.59 Å². The van der Waals surface area contributed by atoms with E-state index in [-0.39, 0.29) is 23.2 Å². The number of carbonyl (C=O) groups excluding carboxylic acids is 2. The molecule has 5 nitrogen and oxygen atoms in total. The van der Waals surface area contributed by atoms with Crippen LogP contribution in [0, 0.1) is 6.92 Å². The molecule has 0 fully saturated rings. The van der Waals surface area contributed by atoms with Crippen molar-refractivity contribution in [2.45, 2.75) is 13.8 Å². The number of carbonyl (C=O) groups is 2. The van der Waals surface area contributed by atoms with Crippen LogP contribution in [0.15, 0.2) is 72.8 Å². The minimum absolute atomic E-state index is 0.202. The van der Waals surface area contributed by atoms with E-state index in [1.807, 2.05) is 68.4 Å². The maximum Gasteiger partial charge on any atom is 0.276 e. The second-order valence-electron chi connectivity index (χ2n) is 6.06. The molecule has 5 heteroatoms. The van der Waals surface area contributed by atoms with Crippen LogP contribution in [0.1, 0.15) is 33.5 Å². The maximum atomic E-state index is 12.9. The van der Waals surface area contributed by atoms with Gasteiger partial charge in [0.2, 0.25) is 0 Å². The Kier molecular flexibility index (Phi) is 5.61. The highest BCUT2D eigenvalue weighted by Gasteiger charge is 2.19. The molecule has 0 bridgehead atoms. The molecule has 3 aromatic rings. The van der Waals surface area contributed by atoms with E-state index in [2.05, 4.69) is 10.3 Å². The van der Waals surface area contributed by atoms with E-state index in [0.29, 0.717) is 6.54 Å². The Bertz CT molecular complexity index is 955. The van der Waals surface area contributed by atoms with Gasteiger partial charge in [-0.15, -0.1) is 0 Å². The summed E-state index contributed by atoms with van der Waals surface area (Å²) in [5.41, 5.74) is 2.91. The number of aryl methyl sites for hydroxylation is 1. The largest absolute Gasteiger partial charge is 0.320 e. The van der Waals surface area contributed by atoms with Gasteiger partial charge in [0.25, 0.3) is 11.8 Å². The zero-order chi connectivity index (χ0) is 19.2. The zero-order valence-corrected chi connectivity index (χ0v) is 15.3. The van der Waals surface area contributed by atoms with Gasteiger partial charge in [-0.05, 0) is 49.7 Å². The highest BCUT2D eigenvalue weighted by atomic mass is 16.2. The number of para-hydroxylation sites is 2. The molecule has 1 N–H and O–H groups in total. The highest BCUT2D eigenvalue weighted by Crippen LogP contribution is 2.17. The van der Waals surface area contributed by atoms with E-state index < -0.39 is 0 Å². The van der Waals surface area contributed by atoms with Crippen molar-refractivity contribution in [1.82, 2.24) is 4.98 Å². The number of rotatable bonds is 5. The van der Waals surface area contributed by atoms with E-state index in [4.69, 9.17) is 0 Å². The van der Waals surface area contributed by atoms with Crippen LogP contribution in [0.2, 0.25) is 0 Å². The van der Waals surface area contributed by atoms with Crippen molar-refractivity contribution in [3.63, 3.8) is 0 Å². The number of amides is 2. The number of aromatic nitrogens is 1. The molecule has 2 amide bonds. The van der Waals surface area contributed by atoms with Crippen LogP contribution >= 0.6 is 0 Å². The molecule has 2 aromatic carbocycles. The first-order valence-corrected chi connectivity index (χ1v) is 8.81. The molecule has 0 atom stereocenters. The lowest BCUT2D eigenvalue weighted by Crippen LogP contribution is -2.31. The number of pyridine rings is 1. The monoisotopic (exact) mass is 359 g/mol. The molecule has 27 heavy (non-hydrogen) atoms. The molecule has 3 rings (SSSR count). The Morgan fingerprint density at radius 2 is 1.56 bits per heavy atom. The summed E-state index contributed by atoms with van der Waals surface area (Å²) in [5.74, 6) is -0.587. The van der Waals surface area contributed by atoms with Crippen LogP contribution in [0.25, 0.3) is 0 Å². The summed E-state index contributed by atoms with van der Waals surface area (Å²) >= 11 is 0. The van der Waals surface area contributed by atoms with Crippen molar-refractivity contribution < 1.29 is 9.59 Å². The number of nitrogens with zero attached hydrogens (tertiary/aromatic N) is 2. The van der Waals surface area contributed by atoms with Crippen LogP contribution in [-0.2, 0) is 0 Å². The summed E-state index contributed by atoms with van der Waals surface area (Å²) in [7, 11) is 0. The second-order valence-corrected chi connectivity index (χ2v) is 6.06. The fraction of sp³-hybridized carbons (Fsp3) is 0.136. The van der Waals surface area contributed by atoms with Crippen molar-refractivity contribution in [2.75, 3.05) is 16.8 Å². The van der Waals surface area contributed by atoms with Crippen molar-refractivity contribution in [1.29, 1.82) is 0 Å².